The Hall–Kier alpha value is -3.89. The van der Waals surface area contributed by atoms with Crippen LogP contribution in [0.3, 0.4) is 0 Å². The summed E-state index contributed by atoms with van der Waals surface area (Å²) in [4.78, 5) is 66.8. The van der Waals surface area contributed by atoms with E-state index in [2.05, 4.69) is 16.0 Å². The van der Waals surface area contributed by atoms with Gasteiger partial charge in [0.15, 0.2) is 0 Å². The zero-order valence-electron chi connectivity index (χ0n) is 25.6. The molecule has 234 valence electrons. The van der Waals surface area contributed by atoms with Crippen LogP contribution in [0.4, 0.5) is 4.79 Å². The van der Waals surface area contributed by atoms with Crippen LogP contribution in [-0.4, -0.2) is 71.5 Å². The molecule has 3 N–H and O–H groups in total. The lowest BCUT2D eigenvalue weighted by Crippen LogP contribution is -2.56. The average molecular weight is 597 g/mol. The third kappa shape index (κ3) is 8.14. The first kappa shape index (κ1) is 32.0. The van der Waals surface area contributed by atoms with Crippen LogP contribution in [0.1, 0.15) is 88.1 Å². The van der Waals surface area contributed by atoms with E-state index in [1.54, 1.807) is 52.1 Å². The fourth-order valence-electron chi connectivity index (χ4n) is 5.69. The minimum absolute atomic E-state index is 0.00698. The summed E-state index contributed by atoms with van der Waals surface area (Å²) in [5.74, 6) is -1.67. The SMILES string of the molecule is CNC(=O)c1ccc(COC(=O)[C@@]23C[C@@H]2/C=C\CCCCC[C@H](NC(=O)OC(C)(C)C)C(=O)N2CCC[C@H]2C(=O)N3)cc1. The summed E-state index contributed by atoms with van der Waals surface area (Å²) < 4.78 is 11.1. The summed E-state index contributed by atoms with van der Waals surface area (Å²) in [6, 6.07) is 5.19. The fourth-order valence-corrected chi connectivity index (χ4v) is 5.69. The molecule has 1 aromatic carbocycles. The van der Waals surface area contributed by atoms with Crippen molar-refractivity contribution in [3.8, 4) is 0 Å². The van der Waals surface area contributed by atoms with E-state index in [0.29, 0.717) is 43.4 Å². The number of carbonyl (C=O) groups excluding carboxylic acids is 5. The van der Waals surface area contributed by atoms with E-state index in [0.717, 1.165) is 25.7 Å². The van der Waals surface area contributed by atoms with E-state index in [1.807, 2.05) is 12.2 Å². The topological polar surface area (TPSA) is 143 Å². The van der Waals surface area contributed by atoms with Crippen molar-refractivity contribution in [1.29, 1.82) is 0 Å². The van der Waals surface area contributed by atoms with Crippen LogP contribution in [0.5, 0.6) is 0 Å². The third-order valence-corrected chi connectivity index (χ3v) is 8.10. The van der Waals surface area contributed by atoms with E-state index in [9.17, 15) is 24.0 Å². The number of nitrogens with one attached hydrogen (secondary N) is 3. The van der Waals surface area contributed by atoms with E-state index >= 15 is 0 Å². The average Bonchev–Trinajstić information content (AvgIpc) is 3.42. The minimum atomic E-state index is -1.21. The Balaban J connectivity index is 1.48. The molecule has 2 aliphatic heterocycles. The lowest BCUT2D eigenvalue weighted by Gasteiger charge is -2.30. The van der Waals surface area contributed by atoms with Gasteiger partial charge in [-0.05, 0) is 77.0 Å². The summed E-state index contributed by atoms with van der Waals surface area (Å²) in [5.41, 5.74) is -0.711. The van der Waals surface area contributed by atoms with Gasteiger partial charge in [-0.25, -0.2) is 9.59 Å². The zero-order valence-corrected chi connectivity index (χ0v) is 25.6. The van der Waals surface area contributed by atoms with E-state index in [-0.39, 0.29) is 24.3 Å². The van der Waals surface area contributed by atoms with E-state index < -0.39 is 41.2 Å². The van der Waals surface area contributed by atoms with Gasteiger partial charge in [-0.3, -0.25) is 14.4 Å². The Bertz CT molecular complexity index is 1240. The first-order valence-corrected chi connectivity index (χ1v) is 15.2. The van der Waals surface area contributed by atoms with Crippen molar-refractivity contribution in [2.45, 2.75) is 102 Å². The molecule has 11 heteroatoms. The van der Waals surface area contributed by atoms with E-state index in [4.69, 9.17) is 9.47 Å². The zero-order chi connectivity index (χ0) is 31.2. The van der Waals surface area contributed by atoms with Crippen LogP contribution in [0, 0.1) is 5.92 Å². The van der Waals surface area contributed by atoms with Gasteiger partial charge in [0.25, 0.3) is 5.91 Å². The highest BCUT2D eigenvalue weighted by Gasteiger charge is 2.62. The largest absolute Gasteiger partial charge is 0.459 e. The molecule has 1 saturated heterocycles. The van der Waals surface area contributed by atoms with Gasteiger partial charge in [0, 0.05) is 25.1 Å². The second-order valence-electron chi connectivity index (χ2n) is 12.6. The smallest absolute Gasteiger partial charge is 0.408 e. The monoisotopic (exact) mass is 596 g/mol. The number of hydrogen-bond acceptors (Lipinski definition) is 7. The fraction of sp³-hybridized carbons (Fsp3) is 0.594. The van der Waals surface area contributed by atoms with Crippen molar-refractivity contribution in [3.63, 3.8) is 0 Å². The molecule has 0 spiro atoms. The number of alkyl carbamates (subject to hydrolysis) is 1. The molecule has 4 amide bonds. The predicted octanol–water partition coefficient (Wildman–Crippen LogP) is 3.37. The number of fused-ring (bicyclic) bond motifs is 2. The van der Waals surface area contributed by atoms with E-state index in [1.165, 1.54) is 4.90 Å². The normalized spacial score (nSPS) is 26.9. The molecule has 1 aliphatic carbocycles. The molecule has 0 unspecified atom stereocenters. The Morgan fingerprint density at radius 2 is 1.79 bits per heavy atom. The van der Waals surface area contributed by atoms with Gasteiger partial charge >= 0.3 is 12.1 Å². The highest BCUT2D eigenvalue weighted by Crippen LogP contribution is 2.46. The van der Waals surface area contributed by atoms with Gasteiger partial charge in [-0.15, -0.1) is 0 Å². The summed E-state index contributed by atoms with van der Waals surface area (Å²) in [6.45, 7) is 5.65. The van der Waals surface area contributed by atoms with Gasteiger partial charge < -0.3 is 30.3 Å². The predicted molar refractivity (Wildman–Crippen MR) is 159 cm³/mol. The molecular formula is C32H44N4O7. The molecule has 3 aliphatic rings. The number of nitrogens with zero attached hydrogens (tertiary/aromatic N) is 1. The number of amides is 4. The van der Waals surface area contributed by atoms with Crippen LogP contribution in [0.25, 0.3) is 0 Å². The number of rotatable bonds is 5. The third-order valence-electron chi connectivity index (χ3n) is 8.10. The van der Waals surface area contributed by atoms with Gasteiger partial charge in [0.2, 0.25) is 11.8 Å². The summed E-state index contributed by atoms with van der Waals surface area (Å²) in [6.07, 6.45) is 8.56. The maximum absolute atomic E-state index is 13.7. The lowest BCUT2D eigenvalue weighted by atomic mass is 10.0. The minimum Gasteiger partial charge on any atom is -0.459 e. The first-order valence-electron chi connectivity index (χ1n) is 15.2. The number of hydrogen-bond donors (Lipinski definition) is 3. The highest BCUT2D eigenvalue weighted by molar-refractivity contribution is 5.96. The van der Waals surface area contributed by atoms with Crippen LogP contribution in [0.2, 0.25) is 0 Å². The molecule has 0 bridgehead atoms. The number of esters is 1. The second kappa shape index (κ2) is 13.6. The van der Waals surface area contributed by atoms with Gasteiger partial charge in [0.05, 0.1) is 0 Å². The van der Waals surface area contributed by atoms with Crippen molar-refractivity contribution < 1.29 is 33.4 Å². The number of ether oxygens (including phenoxy) is 2. The first-order chi connectivity index (χ1) is 20.4. The van der Waals surface area contributed by atoms with Gasteiger partial charge in [-0.2, -0.15) is 0 Å². The Morgan fingerprint density at radius 3 is 2.49 bits per heavy atom. The van der Waals surface area contributed by atoms with Crippen LogP contribution in [-0.2, 0) is 30.5 Å². The second-order valence-corrected chi connectivity index (χ2v) is 12.6. The molecule has 2 heterocycles. The standard InChI is InChI=1S/C32H44N4O7/c1-31(2,3)43-30(41)34-24-12-9-7-5-6-8-11-23-19-32(23,35-27(38)25-13-10-18-36(25)28(24)39)29(40)42-20-21-14-16-22(17-15-21)26(37)33-4/h8,11,14-17,23-25H,5-7,9-10,12-13,18-20H2,1-4H3,(H,33,37)(H,34,41)(H,35,38)/b11-8-/t23-,24-,25-,32+/m0/s1. The molecule has 1 aromatic rings. The quantitative estimate of drug-likeness (QED) is 0.349. The van der Waals surface area contributed by atoms with Crippen LogP contribution in [0.15, 0.2) is 36.4 Å². The van der Waals surface area contributed by atoms with Crippen molar-refractivity contribution in [3.05, 3.63) is 47.5 Å². The summed E-state index contributed by atoms with van der Waals surface area (Å²) in [5, 5.41) is 8.26. The summed E-state index contributed by atoms with van der Waals surface area (Å²) >= 11 is 0. The molecule has 4 rings (SSSR count). The molecule has 2 fully saturated rings. The van der Waals surface area contributed by atoms with Crippen molar-refractivity contribution in [1.82, 2.24) is 20.9 Å². The van der Waals surface area contributed by atoms with Crippen molar-refractivity contribution >= 4 is 29.8 Å². The lowest BCUT2D eigenvalue weighted by molar-refractivity contribution is -0.151. The van der Waals surface area contributed by atoms with Gasteiger partial charge in [-0.1, -0.05) is 37.1 Å². The number of allylic oxidation sites excluding steroid dienone is 1. The van der Waals surface area contributed by atoms with Gasteiger partial charge in [0.1, 0.15) is 29.8 Å². The maximum Gasteiger partial charge on any atom is 0.408 e. The molecule has 4 atom stereocenters. The molecule has 43 heavy (non-hydrogen) atoms. The molecular weight excluding hydrogens is 552 g/mol. The summed E-state index contributed by atoms with van der Waals surface area (Å²) in [7, 11) is 1.56. The Labute approximate surface area is 253 Å². The van der Waals surface area contributed by atoms with Crippen molar-refractivity contribution in [2.24, 2.45) is 5.92 Å². The molecule has 1 saturated carbocycles. The van der Waals surface area contributed by atoms with Crippen LogP contribution < -0.4 is 16.0 Å². The van der Waals surface area contributed by atoms with Crippen LogP contribution >= 0.6 is 0 Å². The number of benzene rings is 1. The molecule has 11 nitrogen and oxygen atoms in total. The number of carbonyl (C=O) groups is 5. The van der Waals surface area contributed by atoms with Crippen molar-refractivity contribution in [2.75, 3.05) is 13.6 Å². The molecule has 0 radical (unpaired) electrons. The Morgan fingerprint density at radius 1 is 1.05 bits per heavy atom. The molecule has 0 aromatic heterocycles. The highest BCUT2D eigenvalue weighted by atomic mass is 16.6. The maximum atomic E-state index is 13.7. The Kier molecular flexibility index (Phi) is 10.1.